The summed E-state index contributed by atoms with van der Waals surface area (Å²) >= 11 is 0. The molecule has 5 atom stereocenters. The summed E-state index contributed by atoms with van der Waals surface area (Å²) in [5.41, 5.74) is 0. The summed E-state index contributed by atoms with van der Waals surface area (Å²) in [5.74, 6) is 3.21. The van der Waals surface area contributed by atoms with Gasteiger partial charge in [0.25, 0.3) is 0 Å². The van der Waals surface area contributed by atoms with Crippen LogP contribution >= 0.6 is 0 Å². The Kier molecular flexibility index (Phi) is 15.0. The van der Waals surface area contributed by atoms with E-state index in [4.69, 9.17) is 0 Å². The van der Waals surface area contributed by atoms with Gasteiger partial charge < -0.3 is 10.6 Å². The third-order valence-electron chi connectivity index (χ3n) is 6.48. The molecule has 0 aliphatic heterocycles. The average molecular weight is 355 g/mol. The van der Waals surface area contributed by atoms with Crippen LogP contribution in [0.3, 0.4) is 0 Å². The van der Waals surface area contributed by atoms with Crippen molar-refractivity contribution < 1.29 is 0 Å². The Morgan fingerprint density at radius 1 is 0.680 bits per heavy atom. The summed E-state index contributed by atoms with van der Waals surface area (Å²) in [6, 6.07) is 1.36. The molecule has 0 radical (unpaired) electrons. The van der Waals surface area contributed by atoms with Gasteiger partial charge in [-0.15, -0.1) is 0 Å². The van der Waals surface area contributed by atoms with Crippen LogP contribution in [0, 0.1) is 23.7 Å². The van der Waals surface area contributed by atoms with Gasteiger partial charge in [-0.2, -0.15) is 0 Å². The highest BCUT2D eigenvalue weighted by Gasteiger charge is 2.23. The molecule has 0 aromatic carbocycles. The Labute approximate surface area is 160 Å². The van der Waals surface area contributed by atoms with E-state index in [9.17, 15) is 0 Å². The van der Waals surface area contributed by atoms with Gasteiger partial charge in [0.05, 0.1) is 0 Å². The van der Waals surface area contributed by atoms with Crippen molar-refractivity contribution in [3.05, 3.63) is 0 Å². The lowest BCUT2D eigenvalue weighted by molar-refractivity contribution is 0.246. The highest BCUT2D eigenvalue weighted by Crippen LogP contribution is 2.24. The molecule has 0 aliphatic rings. The zero-order valence-corrected chi connectivity index (χ0v) is 18.8. The molecular formula is C23H50N2. The van der Waals surface area contributed by atoms with Gasteiger partial charge in [0.1, 0.15) is 0 Å². The van der Waals surface area contributed by atoms with E-state index in [1.807, 2.05) is 0 Å². The molecule has 0 aromatic heterocycles. The lowest BCUT2D eigenvalue weighted by Gasteiger charge is -2.32. The van der Waals surface area contributed by atoms with Crippen molar-refractivity contribution in [2.45, 2.75) is 112 Å². The zero-order valence-electron chi connectivity index (χ0n) is 18.8. The van der Waals surface area contributed by atoms with E-state index in [2.05, 4.69) is 66.1 Å². The first-order valence-corrected chi connectivity index (χ1v) is 11.4. The molecule has 2 nitrogen and oxygen atoms in total. The standard InChI is InChI=1S/C23H50N2/c1-9-14-21(13-5)23(15-18(6)10-2)25-17-19(7)16-22(24-8)20(11-3)12-4/h18-25H,9-17H2,1-8H3. The molecule has 2 N–H and O–H groups in total. The molecule has 25 heavy (non-hydrogen) atoms. The number of hydrogen-bond donors (Lipinski definition) is 2. The van der Waals surface area contributed by atoms with Gasteiger partial charge in [0, 0.05) is 12.1 Å². The predicted octanol–water partition coefficient (Wildman–Crippen LogP) is 6.26. The van der Waals surface area contributed by atoms with E-state index < -0.39 is 0 Å². The van der Waals surface area contributed by atoms with Crippen molar-refractivity contribution in [2.24, 2.45) is 23.7 Å². The van der Waals surface area contributed by atoms with Gasteiger partial charge in [0.2, 0.25) is 0 Å². The first-order chi connectivity index (χ1) is 12.0. The Morgan fingerprint density at radius 3 is 1.68 bits per heavy atom. The van der Waals surface area contributed by atoms with Crippen molar-refractivity contribution in [2.75, 3.05) is 13.6 Å². The lowest BCUT2D eigenvalue weighted by atomic mass is 9.84. The third kappa shape index (κ3) is 9.99. The summed E-state index contributed by atoms with van der Waals surface area (Å²) in [5, 5.41) is 7.59. The number of rotatable bonds is 16. The molecule has 0 spiro atoms. The summed E-state index contributed by atoms with van der Waals surface area (Å²) in [7, 11) is 2.14. The highest BCUT2D eigenvalue weighted by molar-refractivity contribution is 4.81. The van der Waals surface area contributed by atoms with E-state index in [1.165, 1.54) is 57.9 Å². The van der Waals surface area contributed by atoms with Crippen molar-refractivity contribution in [3.63, 3.8) is 0 Å². The van der Waals surface area contributed by atoms with Crippen molar-refractivity contribution in [1.29, 1.82) is 0 Å². The van der Waals surface area contributed by atoms with Crippen LogP contribution in [-0.2, 0) is 0 Å². The maximum Gasteiger partial charge on any atom is 0.00978 e. The van der Waals surface area contributed by atoms with Gasteiger partial charge in [-0.05, 0) is 56.5 Å². The minimum Gasteiger partial charge on any atom is -0.317 e. The van der Waals surface area contributed by atoms with Crippen molar-refractivity contribution in [3.8, 4) is 0 Å². The lowest BCUT2D eigenvalue weighted by Crippen LogP contribution is -2.42. The molecule has 0 rings (SSSR count). The largest absolute Gasteiger partial charge is 0.317 e. The molecule has 0 amide bonds. The minimum absolute atomic E-state index is 0.664. The maximum atomic E-state index is 4.00. The molecule has 5 unspecified atom stereocenters. The molecule has 0 bridgehead atoms. The topological polar surface area (TPSA) is 24.1 Å². The molecule has 0 saturated carbocycles. The zero-order chi connectivity index (χ0) is 19.2. The monoisotopic (exact) mass is 354 g/mol. The SMILES string of the molecule is CCCC(CC)C(CC(C)CC)NCC(C)CC(NC)C(CC)CC. The fraction of sp³-hybridized carbons (Fsp3) is 1.00. The van der Waals surface area contributed by atoms with Crippen LogP contribution in [-0.4, -0.2) is 25.7 Å². The second-order valence-corrected chi connectivity index (χ2v) is 8.53. The molecule has 0 fully saturated rings. The third-order valence-corrected chi connectivity index (χ3v) is 6.48. The fourth-order valence-corrected chi connectivity index (χ4v) is 4.38. The van der Waals surface area contributed by atoms with Crippen LogP contribution < -0.4 is 10.6 Å². The molecule has 0 aliphatic carbocycles. The number of hydrogen-bond acceptors (Lipinski definition) is 2. The first-order valence-electron chi connectivity index (χ1n) is 11.4. The van der Waals surface area contributed by atoms with Crippen LogP contribution in [0.5, 0.6) is 0 Å². The van der Waals surface area contributed by atoms with Gasteiger partial charge in [-0.25, -0.2) is 0 Å². The van der Waals surface area contributed by atoms with Gasteiger partial charge in [0.15, 0.2) is 0 Å². The van der Waals surface area contributed by atoms with Crippen LogP contribution in [0.4, 0.5) is 0 Å². The molecule has 2 heteroatoms. The molecular weight excluding hydrogens is 304 g/mol. The van der Waals surface area contributed by atoms with E-state index in [1.54, 1.807) is 0 Å². The Balaban J connectivity index is 4.67. The van der Waals surface area contributed by atoms with E-state index in [-0.39, 0.29) is 0 Å². The van der Waals surface area contributed by atoms with E-state index in [0.29, 0.717) is 12.1 Å². The van der Waals surface area contributed by atoms with Crippen LogP contribution in [0.2, 0.25) is 0 Å². The molecule has 152 valence electrons. The van der Waals surface area contributed by atoms with Gasteiger partial charge >= 0.3 is 0 Å². The predicted molar refractivity (Wildman–Crippen MR) is 115 cm³/mol. The Hall–Kier alpha value is -0.0800. The van der Waals surface area contributed by atoms with Crippen LogP contribution in [0.15, 0.2) is 0 Å². The highest BCUT2D eigenvalue weighted by atomic mass is 14.9. The quantitative estimate of drug-likeness (QED) is 0.342. The molecule has 0 aromatic rings. The second-order valence-electron chi connectivity index (χ2n) is 8.53. The van der Waals surface area contributed by atoms with Crippen molar-refractivity contribution >= 4 is 0 Å². The number of nitrogens with one attached hydrogen (secondary N) is 2. The first kappa shape index (κ1) is 24.9. The normalized spacial score (nSPS) is 18.1. The van der Waals surface area contributed by atoms with Crippen molar-refractivity contribution in [1.82, 2.24) is 10.6 Å². The Bertz CT molecular complexity index is 288. The smallest absolute Gasteiger partial charge is 0.00978 e. The minimum atomic E-state index is 0.664. The fourth-order valence-electron chi connectivity index (χ4n) is 4.38. The second kappa shape index (κ2) is 15.0. The van der Waals surface area contributed by atoms with E-state index in [0.717, 1.165) is 23.7 Å². The maximum absolute atomic E-state index is 4.00. The summed E-state index contributed by atoms with van der Waals surface area (Å²) in [6.07, 6.45) is 10.5. The summed E-state index contributed by atoms with van der Waals surface area (Å²) < 4.78 is 0. The van der Waals surface area contributed by atoms with E-state index >= 15 is 0 Å². The average Bonchev–Trinajstić information content (AvgIpc) is 2.62. The molecule has 0 saturated heterocycles. The van der Waals surface area contributed by atoms with Crippen LogP contribution in [0.1, 0.15) is 99.8 Å². The van der Waals surface area contributed by atoms with Gasteiger partial charge in [-0.3, -0.25) is 0 Å². The summed E-state index contributed by atoms with van der Waals surface area (Å²) in [6.45, 7) is 17.7. The van der Waals surface area contributed by atoms with Gasteiger partial charge in [-0.1, -0.05) is 80.6 Å². The molecule has 0 heterocycles. The summed E-state index contributed by atoms with van der Waals surface area (Å²) in [4.78, 5) is 0. The van der Waals surface area contributed by atoms with Crippen LogP contribution in [0.25, 0.3) is 0 Å². The Morgan fingerprint density at radius 2 is 1.24 bits per heavy atom.